The van der Waals surface area contributed by atoms with Crippen LogP contribution in [0.1, 0.15) is 10.5 Å². The zero-order chi connectivity index (χ0) is 15.7. The molecule has 0 bridgehead atoms. The maximum atomic E-state index is 12.5. The Morgan fingerprint density at radius 3 is 2.91 bits per heavy atom. The summed E-state index contributed by atoms with van der Waals surface area (Å²) in [5.41, 5.74) is 1.86. The molecule has 0 radical (unpaired) electrons. The number of hydrogen-bond acceptors (Lipinski definition) is 4. The maximum absolute atomic E-state index is 12.5. The highest BCUT2D eigenvalue weighted by molar-refractivity contribution is 9.10. The van der Waals surface area contributed by atoms with Crippen molar-refractivity contribution in [3.05, 3.63) is 57.4 Å². The predicted molar refractivity (Wildman–Crippen MR) is 91.7 cm³/mol. The van der Waals surface area contributed by atoms with Crippen LogP contribution in [-0.2, 0) is 0 Å². The molecule has 22 heavy (non-hydrogen) atoms. The molecule has 0 aliphatic carbocycles. The first-order chi connectivity index (χ1) is 10.6. The third-order valence-electron chi connectivity index (χ3n) is 3.07. The molecule has 3 aromatic rings. The molecule has 2 heterocycles. The first kappa shape index (κ1) is 15.3. The van der Waals surface area contributed by atoms with Gasteiger partial charge in [-0.05, 0) is 24.3 Å². The summed E-state index contributed by atoms with van der Waals surface area (Å²) in [6.07, 6.45) is 3.17. The Kier molecular flexibility index (Phi) is 4.33. The number of benzene rings is 1. The zero-order valence-electron chi connectivity index (χ0n) is 11.4. The summed E-state index contributed by atoms with van der Waals surface area (Å²) in [6.45, 7) is 0. The van der Waals surface area contributed by atoms with E-state index in [9.17, 15) is 4.79 Å². The Morgan fingerprint density at radius 1 is 1.41 bits per heavy atom. The van der Waals surface area contributed by atoms with Gasteiger partial charge in [-0.15, -0.1) is 11.3 Å². The topological polar surface area (TPSA) is 46.3 Å². The van der Waals surface area contributed by atoms with Crippen LogP contribution in [0.25, 0.3) is 10.6 Å². The third-order valence-corrected chi connectivity index (χ3v) is 4.75. The van der Waals surface area contributed by atoms with Crippen molar-refractivity contribution in [3.8, 4) is 10.6 Å². The lowest BCUT2D eigenvalue weighted by Gasteiger charge is -2.17. The number of thiazole rings is 1. The van der Waals surface area contributed by atoms with Crippen molar-refractivity contribution in [3.63, 3.8) is 0 Å². The molecular weight excluding hydrogens is 388 g/mol. The van der Waals surface area contributed by atoms with Crippen molar-refractivity contribution in [2.45, 2.75) is 0 Å². The summed E-state index contributed by atoms with van der Waals surface area (Å²) in [5.74, 6) is -0.213. The van der Waals surface area contributed by atoms with Gasteiger partial charge in [-0.1, -0.05) is 27.5 Å². The Labute approximate surface area is 144 Å². The molecule has 0 unspecified atom stereocenters. The van der Waals surface area contributed by atoms with Gasteiger partial charge in [-0.2, -0.15) is 0 Å². The summed E-state index contributed by atoms with van der Waals surface area (Å²) in [7, 11) is 1.67. The number of aromatic nitrogens is 1. The van der Waals surface area contributed by atoms with Crippen molar-refractivity contribution in [1.29, 1.82) is 0 Å². The summed E-state index contributed by atoms with van der Waals surface area (Å²) in [5, 5.41) is 2.97. The van der Waals surface area contributed by atoms with Gasteiger partial charge in [0.25, 0.3) is 5.91 Å². The fourth-order valence-corrected chi connectivity index (χ4v) is 3.51. The number of furan rings is 1. The lowest BCUT2D eigenvalue weighted by Crippen LogP contribution is -2.26. The van der Waals surface area contributed by atoms with E-state index in [2.05, 4.69) is 20.9 Å². The van der Waals surface area contributed by atoms with E-state index in [1.54, 1.807) is 37.1 Å². The molecule has 1 aromatic carbocycles. The standard InChI is InChI=1S/C15H10BrClN2O2S/c1-19(13-3-2-10(16)6-11(13)17)15(20)12-8-22-14(18-12)9-4-5-21-7-9/h2-8H,1H3. The number of carbonyl (C=O) groups is 1. The molecule has 0 aliphatic heterocycles. The van der Waals surface area contributed by atoms with E-state index in [0.29, 0.717) is 16.4 Å². The van der Waals surface area contributed by atoms with Crippen LogP contribution in [0, 0.1) is 0 Å². The van der Waals surface area contributed by atoms with Crippen molar-refractivity contribution in [2.75, 3.05) is 11.9 Å². The number of halogens is 2. The van der Waals surface area contributed by atoms with Crippen LogP contribution < -0.4 is 4.90 Å². The summed E-state index contributed by atoms with van der Waals surface area (Å²) in [6, 6.07) is 7.18. The molecule has 0 fully saturated rings. The van der Waals surface area contributed by atoms with Gasteiger partial charge in [0.15, 0.2) is 0 Å². The molecule has 112 valence electrons. The van der Waals surface area contributed by atoms with Crippen LogP contribution >= 0.6 is 38.9 Å². The van der Waals surface area contributed by atoms with Gasteiger partial charge in [-0.3, -0.25) is 4.79 Å². The van der Waals surface area contributed by atoms with E-state index >= 15 is 0 Å². The van der Waals surface area contributed by atoms with Crippen molar-refractivity contribution < 1.29 is 9.21 Å². The SMILES string of the molecule is CN(C(=O)c1csc(-c2ccoc2)n1)c1ccc(Br)cc1Cl. The smallest absolute Gasteiger partial charge is 0.277 e. The van der Waals surface area contributed by atoms with Gasteiger partial charge < -0.3 is 9.32 Å². The minimum atomic E-state index is -0.213. The lowest BCUT2D eigenvalue weighted by atomic mass is 10.3. The number of hydrogen-bond donors (Lipinski definition) is 0. The molecule has 0 saturated heterocycles. The largest absolute Gasteiger partial charge is 0.472 e. The van der Waals surface area contributed by atoms with Crippen molar-refractivity contribution in [1.82, 2.24) is 4.98 Å². The minimum absolute atomic E-state index is 0.213. The molecule has 3 rings (SSSR count). The maximum Gasteiger partial charge on any atom is 0.277 e. The molecule has 0 saturated carbocycles. The Morgan fingerprint density at radius 2 is 2.23 bits per heavy atom. The first-order valence-corrected chi connectivity index (χ1v) is 8.32. The number of nitrogens with zero attached hydrogens (tertiary/aromatic N) is 2. The van der Waals surface area contributed by atoms with Gasteiger partial charge in [0.05, 0.1) is 17.0 Å². The molecule has 1 amide bonds. The highest BCUT2D eigenvalue weighted by atomic mass is 79.9. The van der Waals surface area contributed by atoms with E-state index in [4.69, 9.17) is 16.0 Å². The minimum Gasteiger partial charge on any atom is -0.472 e. The lowest BCUT2D eigenvalue weighted by molar-refractivity contribution is 0.0989. The number of carbonyl (C=O) groups excluding carboxylic acids is 1. The summed E-state index contributed by atoms with van der Waals surface area (Å²) in [4.78, 5) is 18.4. The number of rotatable bonds is 3. The third kappa shape index (κ3) is 2.95. The quantitative estimate of drug-likeness (QED) is 0.618. The molecule has 7 heteroatoms. The Bertz CT molecular complexity index is 817. The van der Waals surface area contributed by atoms with Gasteiger partial charge in [0.1, 0.15) is 17.0 Å². The van der Waals surface area contributed by atoms with Crippen LogP contribution in [-0.4, -0.2) is 17.9 Å². The number of amides is 1. The first-order valence-electron chi connectivity index (χ1n) is 6.27. The molecule has 0 spiro atoms. The van der Waals surface area contributed by atoms with Gasteiger partial charge in [-0.25, -0.2) is 4.98 Å². The van der Waals surface area contributed by atoms with Crippen LogP contribution in [0.2, 0.25) is 5.02 Å². The highest BCUT2D eigenvalue weighted by Gasteiger charge is 2.19. The van der Waals surface area contributed by atoms with E-state index in [1.165, 1.54) is 16.2 Å². The van der Waals surface area contributed by atoms with Crippen LogP contribution in [0.3, 0.4) is 0 Å². The average Bonchev–Trinajstić information content (AvgIpc) is 3.16. The van der Waals surface area contributed by atoms with Gasteiger partial charge in [0.2, 0.25) is 0 Å². The molecule has 0 atom stereocenters. The van der Waals surface area contributed by atoms with E-state index in [0.717, 1.165) is 15.0 Å². The second kappa shape index (κ2) is 6.24. The monoisotopic (exact) mass is 396 g/mol. The van der Waals surface area contributed by atoms with Crippen LogP contribution in [0.4, 0.5) is 5.69 Å². The van der Waals surface area contributed by atoms with Crippen LogP contribution in [0.15, 0.2) is 51.1 Å². The Hall–Kier alpha value is -1.63. The fourth-order valence-electron chi connectivity index (χ4n) is 1.93. The van der Waals surface area contributed by atoms with Gasteiger partial charge >= 0.3 is 0 Å². The normalized spacial score (nSPS) is 10.7. The average molecular weight is 398 g/mol. The summed E-state index contributed by atoms with van der Waals surface area (Å²) >= 11 is 10.9. The fraction of sp³-hybridized carbons (Fsp3) is 0.0667. The van der Waals surface area contributed by atoms with E-state index in [-0.39, 0.29) is 5.91 Å². The van der Waals surface area contributed by atoms with E-state index < -0.39 is 0 Å². The molecule has 4 nitrogen and oxygen atoms in total. The van der Waals surface area contributed by atoms with Crippen molar-refractivity contribution in [2.24, 2.45) is 0 Å². The molecular formula is C15H10BrClN2O2S. The Balaban J connectivity index is 1.87. The van der Waals surface area contributed by atoms with Gasteiger partial charge in [0, 0.05) is 22.5 Å². The second-order valence-corrected chi connectivity index (χ2v) is 6.69. The predicted octanol–water partition coefficient (Wildman–Crippen LogP) is 5.10. The van der Waals surface area contributed by atoms with E-state index in [1.807, 2.05) is 12.1 Å². The van der Waals surface area contributed by atoms with Crippen LogP contribution in [0.5, 0.6) is 0 Å². The molecule has 0 aliphatic rings. The number of anilines is 1. The van der Waals surface area contributed by atoms with Crippen molar-refractivity contribution >= 4 is 50.5 Å². The zero-order valence-corrected chi connectivity index (χ0v) is 14.6. The highest BCUT2D eigenvalue weighted by Crippen LogP contribution is 2.30. The summed E-state index contributed by atoms with van der Waals surface area (Å²) < 4.78 is 5.89. The second-order valence-electron chi connectivity index (χ2n) is 4.51. The molecule has 2 aromatic heterocycles. The molecule has 0 N–H and O–H groups in total.